The second-order valence-electron chi connectivity index (χ2n) is 5.26. The van der Waals surface area contributed by atoms with E-state index in [2.05, 4.69) is 4.72 Å². The van der Waals surface area contributed by atoms with Crippen LogP contribution in [0.15, 0.2) is 52.7 Å². The number of carbonyl (C=O) groups is 1. The first-order chi connectivity index (χ1) is 11.9. The number of benzene rings is 1. The Morgan fingerprint density at radius 2 is 1.92 bits per heavy atom. The predicted octanol–water partition coefficient (Wildman–Crippen LogP) is 4.48. The van der Waals surface area contributed by atoms with Gasteiger partial charge in [-0.05, 0) is 48.2 Å². The maximum atomic E-state index is 12.5. The minimum atomic E-state index is -3.68. The van der Waals surface area contributed by atoms with Gasteiger partial charge in [-0.3, -0.25) is 4.79 Å². The molecule has 0 amide bonds. The molecule has 0 saturated carbocycles. The van der Waals surface area contributed by atoms with E-state index in [0.717, 1.165) is 4.88 Å². The molecule has 1 N–H and O–H groups in total. The van der Waals surface area contributed by atoms with Gasteiger partial charge in [-0.25, -0.2) is 13.1 Å². The summed E-state index contributed by atoms with van der Waals surface area (Å²) in [5.74, 6) is -0.0419. The average Bonchev–Trinajstić information content (AvgIpc) is 3.26. The second kappa shape index (κ2) is 7.39. The van der Waals surface area contributed by atoms with E-state index in [4.69, 9.17) is 11.6 Å². The number of carbonyl (C=O) groups excluding carboxylic acids is 1. The maximum Gasteiger partial charge on any atom is 0.241 e. The molecule has 0 aliphatic carbocycles. The molecule has 0 radical (unpaired) electrons. The van der Waals surface area contributed by atoms with Crippen molar-refractivity contribution in [3.8, 4) is 0 Å². The number of thiophene rings is 2. The Bertz CT molecular complexity index is 1010. The first-order valence-corrected chi connectivity index (χ1v) is 10.9. The van der Waals surface area contributed by atoms with Gasteiger partial charge in [0.25, 0.3) is 0 Å². The minimum absolute atomic E-state index is 0.0419. The van der Waals surface area contributed by atoms with E-state index >= 15 is 0 Å². The molecule has 0 spiro atoms. The average molecular weight is 412 g/mol. The number of halogens is 1. The van der Waals surface area contributed by atoms with Gasteiger partial charge in [0.15, 0.2) is 0 Å². The maximum absolute atomic E-state index is 12.5. The summed E-state index contributed by atoms with van der Waals surface area (Å²) in [6.45, 7) is 1.79. The van der Waals surface area contributed by atoms with E-state index in [0.29, 0.717) is 20.3 Å². The Hall–Kier alpha value is -1.51. The lowest BCUT2D eigenvalue weighted by molar-refractivity contribution is 0.104. The van der Waals surface area contributed by atoms with Gasteiger partial charge < -0.3 is 0 Å². The summed E-state index contributed by atoms with van der Waals surface area (Å²) in [5.41, 5.74) is 0.511. The lowest BCUT2D eigenvalue weighted by Crippen LogP contribution is -2.23. The van der Waals surface area contributed by atoms with E-state index in [9.17, 15) is 13.2 Å². The molecular weight excluding hydrogens is 398 g/mol. The van der Waals surface area contributed by atoms with E-state index in [1.807, 2.05) is 11.4 Å². The molecule has 130 valence electrons. The van der Waals surface area contributed by atoms with Crippen LogP contribution in [0.1, 0.15) is 25.0 Å². The fourth-order valence-electron chi connectivity index (χ4n) is 2.25. The summed E-state index contributed by atoms with van der Waals surface area (Å²) in [6, 6.07) is 11.9. The van der Waals surface area contributed by atoms with Crippen LogP contribution in [0.5, 0.6) is 0 Å². The van der Waals surface area contributed by atoms with Gasteiger partial charge in [0.2, 0.25) is 15.8 Å². The topological polar surface area (TPSA) is 63.2 Å². The van der Waals surface area contributed by atoms with Crippen LogP contribution >= 0.6 is 34.3 Å². The van der Waals surface area contributed by atoms with Crippen molar-refractivity contribution in [2.45, 2.75) is 18.4 Å². The van der Waals surface area contributed by atoms with Crippen molar-refractivity contribution in [3.05, 3.63) is 73.1 Å². The SMILES string of the molecule is Cc1c(Cl)cccc1S(=O)(=O)NCc1ccc(C(=O)c2cccs2)s1. The van der Waals surface area contributed by atoms with Crippen molar-refractivity contribution in [1.82, 2.24) is 4.72 Å². The quantitative estimate of drug-likeness (QED) is 0.608. The van der Waals surface area contributed by atoms with Crippen molar-refractivity contribution >= 4 is 50.1 Å². The van der Waals surface area contributed by atoms with Gasteiger partial charge in [-0.1, -0.05) is 23.7 Å². The zero-order valence-corrected chi connectivity index (χ0v) is 16.4. The van der Waals surface area contributed by atoms with Crippen molar-refractivity contribution in [2.24, 2.45) is 0 Å². The molecule has 1 aromatic carbocycles. The fraction of sp³-hybridized carbons (Fsp3) is 0.118. The molecule has 25 heavy (non-hydrogen) atoms. The van der Waals surface area contributed by atoms with Crippen LogP contribution in [0.3, 0.4) is 0 Å². The van der Waals surface area contributed by atoms with Crippen molar-refractivity contribution in [2.75, 3.05) is 0 Å². The van der Waals surface area contributed by atoms with Crippen LogP contribution in [-0.4, -0.2) is 14.2 Å². The monoisotopic (exact) mass is 411 g/mol. The van der Waals surface area contributed by atoms with Gasteiger partial charge in [-0.2, -0.15) is 0 Å². The molecule has 0 aliphatic rings. The summed E-state index contributed by atoms with van der Waals surface area (Å²) >= 11 is 8.67. The van der Waals surface area contributed by atoms with Crippen LogP contribution in [0.25, 0.3) is 0 Å². The van der Waals surface area contributed by atoms with Crippen LogP contribution in [0.4, 0.5) is 0 Å². The van der Waals surface area contributed by atoms with Gasteiger partial charge in [0, 0.05) is 16.4 Å². The van der Waals surface area contributed by atoms with E-state index in [-0.39, 0.29) is 17.2 Å². The van der Waals surface area contributed by atoms with E-state index in [1.165, 1.54) is 28.7 Å². The molecule has 8 heteroatoms. The highest BCUT2D eigenvalue weighted by Gasteiger charge is 2.19. The highest BCUT2D eigenvalue weighted by molar-refractivity contribution is 7.89. The lowest BCUT2D eigenvalue weighted by atomic mass is 10.2. The number of ketones is 1. The number of sulfonamides is 1. The molecule has 4 nitrogen and oxygen atoms in total. The smallest absolute Gasteiger partial charge is 0.241 e. The molecular formula is C17H14ClNO3S3. The first-order valence-electron chi connectivity index (χ1n) is 7.30. The molecule has 0 saturated heterocycles. The van der Waals surface area contributed by atoms with E-state index in [1.54, 1.807) is 37.3 Å². The first kappa shape index (κ1) is 18.3. The Labute approximate surface area is 159 Å². The Morgan fingerprint density at radius 3 is 2.64 bits per heavy atom. The second-order valence-corrected chi connectivity index (χ2v) is 9.52. The normalized spacial score (nSPS) is 11.6. The zero-order chi connectivity index (χ0) is 18.0. The third kappa shape index (κ3) is 4.02. The lowest BCUT2D eigenvalue weighted by Gasteiger charge is -2.09. The Kier molecular flexibility index (Phi) is 5.41. The fourth-order valence-corrected chi connectivity index (χ4v) is 5.48. The number of nitrogens with one attached hydrogen (secondary N) is 1. The molecule has 0 atom stereocenters. The van der Waals surface area contributed by atoms with Crippen LogP contribution < -0.4 is 4.72 Å². The molecule has 2 heterocycles. The molecule has 0 unspecified atom stereocenters. The van der Waals surface area contributed by atoms with Gasteiger partial charge in [0.05, 0.1) is 14.6 Å². The highest BCUT2D eigenvalue weighted by Crippen LogP contribution is 2.25. The summed E-state index contributed by atoms with van der Waals surface area (Å²) < 4.78 is 27.5. The van der Waals surface area contributed by atoms with Crippen molar-refractivity contribution < 1.29 is 13.2 Å². The van der Waals surface area contributed by atoms with Crippen molar-refractivity contribution in [1.29, 1.82) is 0 Å². The standard InChI is InChI=1S/C17H14ClNO3S3/c1-11-13(18)4-2-6-16(11)25(21,22)19-10-12-7-8-15(24-12)17(20)14-5-3-9-23-14/h2-9,19H,10H2,1H3. The molecule has 0 aliphatic heterocycles. The van der Waals surface area contributed by atoms with Gasteiger partial charge >= 0.3 is 0 Å². The molecule has 0 fully saturated rings. The Balaban J connectivity index is 1.74. The summed E-state index contributed by atoms with van der Waals surface area (Å²) in [7, 11) is -3.68. The minimum Gasteiger partial charge on any atom is -0.287 e. The summed E-state index contributed by atoms with van der Waals surface area (Å²) in [6.07, 6.45) is 0. The summed E-state index contributed by atoms with van der Waals surface area (Å²) in [4.78, 5) is 14.5. The number of hydrogen-bond donors (Lipinski definition) is 1. The van der Waals surface area contributed by atoms with Crippen LogP contribution in [0, 0.1) is 6.92 Å². The third-order valence-electron chi connectivity index (χ3n) is 3.57. The zero-order valence-electron chi connectivity index (χ0n) is 13.2. The molecule has 2 aromatic heterocycles. The largest absolute Gasteiger partial charge is 0.287 e. The highest BCUT2D eigenvalue weighted by atomic mass is 35.5. The molecule has 0 bridgehead atoms. The van der Waals surface area contributed by atoms with Gasteiger partial charge in [-0.15, -0.1) is 22.7 Å². The molecule has 3 rings (SSSR count). The van der Waals surface area contributed by atoms with E-state index < -0.39 is 10.0 Å². The van der Waals surface area contributed by atoms with Crippen LogP contribution in [0.2, 0.25) is 5.02 Å². The third-order valence-corrected chi connectivity index (χ3v) is 7.48. The van der Waals surface area contributed by atoms with Gasteiger partial charge in [0.1, 0.15) is 0 Å². The summed E-state index contributed by atoms with van der Waals surface area (Å²) in [5, 5.41) is 2.26. The predicted molar refractivity (Wildman–Crippen MR) is 102 cm³/mol. The molecule has 3 aromatic rings. The number of hydrogen-bond acceptors (Lipinski definition) is 5. The number of rotatable bonds is 6. The van der Waals surface area contributed by atoms with Crippen LogP contribution in [-0.2, 0) is 16.6 Å². The Morgan fingerprint density at radius 1 is 1.12 bits per heavy atom. The van der Waals surface area contributed by atoms with Crippen molar-refractivity contribution in [3.63, 3.8) is 0 Å².